The molecule has 0 amide bonds. The molecule has 24 heavy (non-hydrogen) atoms. The summed E-state index contributed by atoms with van der Waals surface area (Å²) in [6, 6.07) is 10.1. The SMILES string of the molecule is Cc1cc(Br)ccc1C(C)c1cc(Cl)c(OCC=C(Br)Br)c(Cl)c1. The quantitative estimate of drug-likeness (QED) is 0.360. The second-order valence-corrected chi connectivity index (χ2v) is 9.84. The molecule has 0 aliphatic carbocycles. The maximum absolute atomic E-state index is 6.39. The summed E-state index contributed by atoms with van der Waals surface area (Å²) < 4.78 is 7.54. The van der Waals surface area contributed by atoms with Gasteiger partial charge in [-0.1, -0.05) is 52.1 Å². The lowest BCUT2D eigenvalue weighted by atomic mass is 9.90. The Balaban J connectivity index is 2.30. The van der Waals surface area contributed by atoms with E-state index in [0.717, 1.165) is 13.4 Å². The van der Waals surface area contributed by atoms with E-state index in [1.54, 1.807) is 0 Å². The Kier molecular flexibility index (Phi) is 7.69. The van der Waals surface area contributed by atoms with Gasteiger partial charge in [-0.2, -0.15) is 0 Å². The van der Waals surface area contributed by atoms with Crippen molar-refractivity contribution in [1.29, 1.82) is 0 Å². The number of benzene rings is 2. The van der Waals surface area contributed by atoms with Crippen LogP contribution in [-0.4, -0.2) is 6.61 Å². The molecule has 2 rings (SSSR count). The second-order valence-electron chi connectivity index (χ2n) is 5.34. The third-order valence-corrected chi connectivity index (χ3v) is 5.39. The summed E-state index contributed by atoms with van der Waals surface area (Å²) in [5.74, 6) is 0.679. The van der Waals surface area contributed by atoms with Crippen molar-refractivity contribution in [3.8, 4) is 5.75 Å². The smallest absolute Gasteiger partial charge is 0.156 e. The Labute approximate surface area is 177 Å². The predicted molar refractivity (Wildman–Crippen MR) is 114 cm³/mol. The molecule has 0 spiro atoms. The average molecular weight is 558 g/mol. The van der Waals surface area contributed by atoms with Crippen molar-refractivity contribution in [2.45, 2.75) is 19.8 Å². The van der Waals surface area contributed by atoms with Crippen LogP contribution in [0.25, 0.3) is 0 Å². The molecule has 1 atom stereocenters. The van der Waals surface area contributed by atoms with E-state index in [2.05, 4.69) is 73.8 Å². The summed E-state index contributed by atoms with van der Waals surface area (Å²) in [6.07, 6.45) is 1.83. The van der Waals surface area contributed by atoms with Crippen molar-refractivity contribution in [1.82, 2.24) is 0 Å². The minimum Gasteiger partial charge on any atom is -0.486 e. The summed E-state index contributed by atoms with van der Waals surface area (Å²) in [4.78, 5) is 0. The van der Waals surface area contributed by atoms with Crippen LogP contribution in [0.4, 0.5) is 0 Å². The minimum absolute atomic E-state index is 0.179. The Morgan fingerprint density at radius 3 is 2.33 bits per heavy atom. The first-order valence-corrected chi connectivity index (χ1v) is 10.3. The van der Waals surface area contributed by atoms with E-state index < -0.39 is 0 Å². The van der Waals surface area contributed by atoms with Crippen molar-refractivity contribution >= 4 is 71.0 Å². The zero-order valence-electron chi connectivity index (χ0n) is 13.0. The Morgan fingerprint density at radius 1 is 1.17 bits per heavy atom. The van der Waals surface area contributed by atoms with Gasteiger partial charge in [0.15, 0.2) is 5.75 Å². The van der Waals surface area contributed by atoms with Crippen LogP contribution >= 0.6 is 71.0 Å². The molecule has 2 aromatic carbocycles. The van der Waals surface area contributed by atoms with Gasteiger partial charge in [-0.25, -0.2) is 0 Å². The van der Waals surface area contributed by atoms with Crippen molar-refractivity contribution in [2.24, 2.45) is 0 Å². The number of ether oxygens (including phenoxy) is 1. The maximum atomic E-state index is 6.39. The molecule has 0 fully saturated rings. The third-order valence-electron chi connectivity index (χ3n) is 3.68. The van der Waals surface area contributed by atoms with Gasteiger partial charge in [0.2, 0.25) is 0 Å². The molecule has 1 nitrogen and oxygen atoms in total. The molecule has 0 aliphatic rings. The second kappa shape index (κ2) is 9.09. The van der Waals surface area contributed by atoms with Gasteiger partial charge in [-0.05, 0) is 85.8 Å². The van der Waals surface area contributed by atoms with Crippen molar-refractivity contribution < 1.29 is 4.74 Å². The van der Waals surface area contributed by atoms with E-state index in [4.69, 9.17) is 27.9 Å². The van der Waals surface area contributed by atoms with Gasteiger partial charge in [0, 0.05) is 10.4 Å². The predicted octanol–water partition coefficient (Wildman–Crippen LogP) is 8.23. The molecule has 6 heteroatoms. The third kappa shape index (κ3) is 5.25. The molecule has 0 aliphatic heterocycles. The van der Waals surface area contributed by atoms with E-state index in [0.29, 0.717) is 22.4 Å². The summed E-state index contributed by atoms with van der Waals surface area (Å²) in [6.45, 7) is 4.61. The highest BCUT2D eigenvalue weighted by Gasteiger charge is 2.16. The van der Waals surface area contributed by atoms with Gasteiger partial charge < -0.3 is 4.74 Å². The van der Waals surface area contributed by atoms with Gasteiger partial charge in [0.25, 0.3) is 0 Å². The number of hydrogen-bond acceptors (Lipinski definition) is 1. The van der Waals surface area contributed by atoms with Gasteiger partial charge in [0.1, 0.15) is 6.61 Å². The molecule has 0 radical (unpaired) electrons. The van der Waals surface area contributed by atoms with Crippen LogP contribution in [0, 0.1) is 6.92 Å². The zero-order chi connectivity index (χ0) is 17.9. The van der Waals surface area contributed by atoms with Crippen LogP contribution in [0.1, 0.15) is 29.5 Å². The summed E-state index contributed by atoms with van der Waals surface area (Å²) in [5, 5.41) is 1.02. The lowest BCUT2D eigenvalue weighted by molar-refractivity contribution is 0.363. The molecule has 0 N–H and O–H groups in total. The average Bonchev–Trinajstić information content (AvgIpc) is 2.49. The van der Waals surface area contributed by atoms with E-state index in [1.165, 1.54) is 11.1 Å². The number of rotatable bonds is 5. The van der Waals surface area contributed by atoms with Crippen LogP contribution in [0.3, 0.4) is 0 Å². The van der Waals surface area contributed by atoms with Gasteiger partial charge in [0.05, 0.1) is 13.4 Å². The first-order valence-electron chi connectivity index (χ1n) is 7.18. The fourth-order valence-corrected chi connectivity index (χ4v) is 3.81. The summed E-state index contributed by atoms with van der Waals surface area (Å²) >= 11 is 22.8. The molecule has 0 bridgehead atoms. The van der Waals surface area contributed by atoms with E-state index in [1.807, 2.05) is 24.3 Å². The van der Waals surface area contributed by atoms with Crippen LogP contribution in [0.2, 0.25) is 10.0 Å². The summed E-state index contributed by atoms with van der Waals surface area (Å²) in [5.41, 5.74) is 3.52. The fourth-order valence-electron chi connectivity index (χ4n) is 2.46. The maximum Gasteiger partial charge on any atom is 0.156 e. The highest BCUT2D eigenvalue weighted by Crippen LogP contribution is 2.38. The van der Waals surface area contributed by atoms with Crippen LogP contribution in [0.15, 0.2) is 44.3 Å². The highest BCUT2D eigenvalue weighted by molar-refractivity contribution is 9.28. The fraction of sp³-hybridized carbons (Fsp3) is 0.222. The first-order chi connectivity index (χ1) is 11.3. The zero-order valence-corrected chi connectivity index (χ0v) is 19.3. The van der Waals surface area contributed by atoms with E-state index in [-0.39, 0.29) is 5.92 Å². The molecule has 0 saturated carbocycles. The standard InChI is InChI=1S/C18H15Br3Cl2O/c1-10-7-13(19)3-4-14(10)11(2)12-8-15(22)18(16(23)9-12)24-6-5-17(20)21/h3-5,7-9,11H,6H2,1-2H3. The lowest BCUT2D eigenvalue weighted by Crippen LogP contribution is -2.01. The van der Waals surface area contributed by atoms with Gasteiger partial charge in [-0.15, -0.1) is 0 Å². The van der Waals surface area contributed by atoms with Gasteiger partial charge in [-0.3, -0.25) is 0 Å². The number of hydrogen-bond donors (Lipinski definition) is 0. The lowest BCUT2D eigenvalue weighted by Gasteiger charge is -2.18. The molecule has 0 aromatic heterocycles. The topological polar surface area (TPSA) is 9.23 Å². The molecular weight excluding hydrogens is 543 g/mol. The minimum atomic E-state index is 0.179. The first kappa shape index (κ1) is 20.3. The molecular formula is C18H15Br3Cl2O. The molecule has 0 saturated heterocycles. The van der Waals surface area contributed by atoms with Crippen molar-refractivity contribution in [2.75, 3.05) is 6.61 Å². The molecule has 128 valence electrons. The largest absolute Gasteiger partial charge is 0.486 e. The summed E-state index contributed by atoms with van der Waals surface area (Å²) in [7, 11) is 0. The van der Waals surface area contributed by atoms with Crippen molar-refractivity contribution in [3.63, 3.8) is 0 Å². The van der Waals surface area contributed by atoms with Crippen LogP contribution in [-0.2, 0) is 0 Å². The van der Waals surface area contributed by atoms with Crippen LogP contribution in [0.5, 0.6) is 5.75 Å². The molecule has 2 aromatic rings. The Hall–Kier alpha value is -0.0000000000000000555. The van der Waals surface area contributed by atoms with Crippen molar-refractivity contribution in [3.05, 3.63) is 71.0 Å². The monoisotopic (exact) mass is 554 g/mol. The van der Waals surface area contributed by atoms with E-state index >= 15 is 0 Å². The Morgan fingerprint density at radius 2 is 1.79 bits per heavy atom. The number of aryl methyl sites for hydroxylation is 1. The normalized spacial score (nSPS) is 12.0. The highest BCUT2D eigenvalue weighted by atomic mass is 79.9. The van der Waals surface area contributed by atoms with E-state index in [9.17, 15) is 0 Å². The molecule has 0 heterocycles. The van der Waals surface area contributed by atoms with Crippen LogP contribution < -0.4 is 4.74 Å². The Bertz CT molecular complexity index is 748. The van der Waals surface area contributed by atoms with Gasteiger partial charge >= 0.3 is 0 Å². The number of halogens is 5. The molecule has 1 unspecified atom stereocenters.